The van der Waals surface area contributed by atoms with E-state index >= 15 is 0 Å². The molecule has 1 fully saturated rings. The molecule has 1 rings (SSSR count). The van der Waals surface area contributed by atoms with Crippen molar-refractivity contribution in [3.8, 4) is 0 Å². The summed E-state index contributed by atoms with van der Waals surface area (Å²) in [6, 6.07) is 0.672. The van der Waals surface area contributed by atoms with E-state index in [1.807, 2.05) is 6.92 Å². The van der Waals surface area contributed by atoms with Gasteiger partial charge in [-0.3, -0.25) is 4.79 Å². The largest absolute Gasteiger partial charge is 0.396 e. The lowest BCUT2D eigenvalue weighted by atomic mass is 10.1. The van der Waals surface area contributed by atoms with Gasteiger partial charge in [-0.05, 0) is 25.2 Å². The lowest BCUT2D eigenvalue weighted by Gasteiger charge is -2.11. The Labute approximate surface area is 91.4 Å². The minimum Gasteiger partial charge on any atom is -0.396 e. The second kappa shape index (κ2) is 6.80. The summed E-state index contributed by atoms with van der Waals surface area (Å²) in [4.78, 5) is 11.3. The van der Waals surface area contributed by atoms with Crippen molar-refractivity contribution in [2.45, 2.75) is 38.6 Å². The van der Waals surface area contributed by atoms with E-state index in [1.165, 1.54) is 12.8 Å². The van der Waals surface area contributed by atoms with Crippen LogP contribution in [0.5, 0.6) is 0 Å². The van der Waals surface area contributed by atoms with Gasteiger partial charge >= 0.3 is 0 Å². The number of nitrogens with one attached hydrogen (secondary N) is 2. The Balaban J connectivity index is 1.92. The minimum absolute atomic E-state index is 0.105. The lowest BCUT2D eigenvalue weighted by Crippen LogP contribution is -2.31. The zero-order chi connectivity index (χ0) is 11.1. The molecule has 0 aliphatic heterocycles. The SMILES string of the molecule is CC(CCO)CNC(=O)CCNC1CC1. The average Bonchev–Trinajstić information content (AvgIpc) is 2.99. The van der Waals surface area contributed by atoms with Gasteiger partial charge in [0.1, 0.15) is 0 Å². The van der Waals surface area contributed by atoms with Crippen molar-refractivity contribution in [1.29, 1.82) is 0 Å². The van der Waals surface area contributed by atoms with Crippen molar-refractivity contribution in [3.05, 3.63) is 0 Å². The van der Waals surface area contributed by atoms with Crippen molar-refractivity contribution in [2.24, 2.45) is 5.92 Å². The molecule has 0 radical (unpaired) electrons. The average molecular weight is 214 g/mol. The molecule has 0 aromatic carbocycles. The number of rotatable bonds is 8. The first-order chi connectivity index (χ1) is 7.22. The van der Waals surface area contributed by atoms with Crippen LogP contribution < -0.4 is 10.6 Å². The van der Waals surface area contributed by atoms with Crippen LogP contribution in [0.15, 0.2) is 0 Å². The molecule has 1 saturated carbocycles. The van der Waals surface area contributed by atoms with Crippen LogP contribution in [0.3, 0.4) is 0 Å². The molecule has 0 aromatic rings. The number of aliphatic hydroxyl groups excluding tert-OH is 1. The Hall–Kier alpha value is -0.610. The Morgan fingerprint density at radius 1 is 1.53 bits per heavy atom. The van der Waals surface area contributed by atoms with Gasteiger partial charge in [0.15, 0.2) is 0 Å². The molecule has 4 heteroatoms. The smallest absolute Gasteiger partial charge is 0.221 e. The third kappa shape index (κ3) is 6.47. The van der Waals surface area contributed by atoms with Crippen molar-refractivity contribution in [3.63, 3.8) is 0 Å². The highest BCUT2D eigenvalue weighted by Crippen LogP contribution is 2.18. The molecule has 15 heavy (non-hydrogen) atoms. The van der Waals surface area contributed by atoms with Crippen LogP contribution >= 0.6 is 0 Å². The Morgan fingerprint density at radius 2 is 2.27 bits per heavy atom. The molecule has 0 saturated heterocycles. The van der Waals surface area contributed by atoms with Crippen LogP contribution in [0, 0.1) is 5.92 Å². The monoisotopic (exact) mass is 214 g/mol. The minimum atomic E-state index is 0.105. The van der Waals surface area contributed by atoms with E-state index in [9.17, 15) is 4.79 Å². The van der Waals surface area contributed by atoms with Crippen LogP contribution in [0.4, 0.5) is 0 Å². The molecular formula is C11H22N2O2. The lowest BCUT2D eigenvalue weighted by molar-refractivity contribution is -0.121. The van der Waals surface area contributed by atoms with Gasteiger partial charge in [-0.25, -0.2) is 0 Å². The highest BCUT2D eigenvalue weighted by atomic mass is 16.3. The highest BCUT2D eigenvalue weighted by Gasteiger charge is 2.19. The van der Waals surface area contributed by atoms with Gasteiger partial charge in [-0.15, -0.1) is 0 Å². The summed E-state index contributed by atoms with van der Waals surface area (Å²) in [6.07, 6.45) is 3.83. The molecule has 1 atom stereocenters. The second-order valence-corrected chi connectivity index (χ2v) is 4.40. The van der Waals surface area contributed by atoms with E-state index < -0.39 is 0 Å². The predicted molar refractivity (Wildman–Crippen MR) is 59.5 cm³/mol. The fraction of sp³-hybridized carbons (Fsp3) is 0.909. The summed E-state index contributed by atoms with van der Waals surface area (Å²) in [7, 11) is 0. The number of hydrogen-bond donors (Lipinski definition) is 3. The van der Waals surface area contributed by atoms with Crippen molar-refractivity contribution >= 4 is 5.91 Å². The van der Waals surface area contributed by atoms with E-state index in [0.29, 0.717) is 24.9 Å². The van der Waals surface area contributed by atoms with Crippen LogP contribution in [-0.2, 0) is 4.79 Å². The fourth-order valence-electron chi connectivity index (χ4n) is 1.38. The van der Waals surface area contributed by atoms with Crippen LogP contribution in [-0.4, -0.2) is 36.8 Å². The molecule has 1 amide bonds. The van der Waals surface area contributed by atoms with Gasteiger partial charge in [-0.2, -0.15) is 0 Å². The molecule has 1 aliphatic rings. The molecule has 88 valence electrons. The molecule has 0 bridgehead atoms. The number of hydrogen-bond acceptors (Lipinski definition) is 3. The molecule has 3 N–H and O–H groups in total. The second-order valence-electron chi connectivity index (χ2n) is 4.40. The van der Waals surface area contributed by atoms with Crippen molar-refractivity contribution in [2.75, 3.05) is 19.7 Å². The first-order valence-electron chi connectivity index (χ1n) is 5.83. The van der Waals surface area contributed by atoms with Gasteiger partial charge in [0.05, 0.1) is 0 Å². The highest BCUT2D eigenvalue weighted by molar-refractivity contribution is 5.76. The number of amides is 1. The maximum atomic E-state index is 11.3. The topological polar surface area (TPSA) is 61.4 Å². The van der Waals surface area contributed by atoms with Gasteiger partial charge < -0.3 is 15.7 Å². The maximum Gasteiger partial charge on any atom is 0.221 e. The molecule has 0 spiro atoms. The van der Waals surface area contributed by atoms with Gasteiger partial charge in [0.2, 0.25) is 5.91 Å². The van der Waals surface area contributed by atoms with E-state index in [1.54, 1.807) is 0 Å². The van der Waals surface area contributed by atoms with E-state index in [2.05, 4.69) is 10.6 Å². The van der Waals surface area contributed by atoms with Gasteiger partial charge in [-0.1, -0.05) is 6.92 Å². The summed E-state index contributed by atoms with van der Waals surface area (Å²) in [5.41, 5.74) is 0. The molecule has 1 unspecified atom stereocenters. The zero-order valence-electron chi connectivity index (χ0n) is 9.46. The first-order valence-corrected chi connectivity index (χ1v) is 5.83. The van der Waals surface area contributed by atoms with Crippen LogP contribution in [0.1, 0.15) is 32.6 Å². The Morgan fingerprint density at radius 3 is 2.87 bits per heavy atom. The molecule has 0 heterocycles. The Bertz CT molecular complexity index is 193. The summed E-state index contributed by atoms with van der Waals surface area (Å²) in [5, 5.41) is 14.9. The van der Waals surface area contributed by atoms with Crippen molar-refractivity contribution in [1.82, 2.24) is 10.6 Å². The Kier molecular flexibility index (Phi) is 5.65. The molecular weight excluding hydrogens is 192 g/mol. The third-order valence-electron chi connectivity index (χ3n) is 2.63. The number of carbonyl (C=O) groups is 1. The normalized spacial score (nSPS) is 17.5. The predicted octanol–water partition coefficient (Wildman–Crippen LogP) is 0.263. The number of aliphatic hydroxyl groups is 1. The summed E-state index contributed by atoms with van der Waals surface area (Å²) >= 11 is 0. The molecule has 0 aromatic heterocycles. The van der Waals surface area contributed by atoms with E-state index in [0.717, 1.165) is 13.0 Å². The van der Waals surface area contributed by atoms with E-state index in [4.69, 9.17) is 5.11 Å². The summed E-state index contributed by atoms with van der Waals surface area (Å²) < 4.78 is 0. The fourth-order valence-corrected chi connectivity index (χ4v) is 1.38. The maximum absolute atomic E-state index is 11.3. The first kappa shape index (κ1) is 12.5. The van der Waals surface area contributed by atoms with Crippen LogP contribution in [0.25, 0.3) is 0 Å². The zero-order valence-corrected chi connectivity index (χ0v) is 9.46. The standard InChI is InChI=1S/C11H22N2O2/c1-9(5-7-14)8-13-11(15)4-6-12-10-2-3-10/h9-10,12,14H,2-8H2,1H3,(H,13,15). The quantitative estimate of drug-likeness (QED) is 0.543. The van der Waals surface area contributed by atoms with Crippen LogP contribution in [0.2, 0.25) is 0 Å². The van der Waals surface area contributed by atoms with Gasteiger partial charge in [0.25, 0.3) is 0 Å². The van der Waals surface area contributed by atoms with E-state index in [-0.39, 0.29) is 12.5 Å². The molecule has 4 nitrogen and oxygen atoms in total. The summed E-state index contributed by atoms with van der Waals surface area (Å²) in [5.74, 6) is 0.461. The summed E-state index contributed by atoms with van der Waals surface area (Å²) in [6.45, 7) is 3.67. The number of carbonyl (C=O) groups excluding carboxylic acids is 1. The third-order valence-corrected chi connectivity index (χ3v) is 2.63. The van der Waals surface area contributed by atoms with Gasteiger partial charge in [0, 0.05) is 32.2 Å². The molecule has 1 aliphatic carbocycles. The van der Waals surface area contributed by atoms with Crippen molar-refractivity contribution < 1.29 is 9.90 Å².